The SMILES string of the molecule is C=CCN.O=C([O-])O.[Ag+]. The largest absolute Gasteiger partial charge is 1.00 e. The summed E-state index contributed by atoms with van der Waals surface area (Å²) in [5.41, 5.74) is 4.91. The Labute approximate surface area is 68.9 Å². The third-order valence-electron chi connectivity index (χ3n) is 0.167. The number of hydrogen-bond acceptors (Lipinski definition) is 3. The first-order valence-electron chi connectivity index (χ1n) is 1.86. The smallest absolute Gasteiger partial charge is 0.565 e. The average molecular weight is 226 g/mol. The molecule has 0 fully saturated rings. The number of rotatable bonds is 1. The molecule has 0 atom stereocenters. The van der Waals surface area contributed by atoms with Gasteiger partial charge in [-0.3, -0.25) is 0 Å². The summed E-state index contributed by atoms with van der Waals surface area (Å²) in [5, 5.41) is 15.3. The summed E-state index contributed by atoms with van der Waals surface area (Å²) in [6.07, 6.45) is -0.431. The molecule has 9 heavy (non-hydrogen) atoms. The van der Waals surface area contributed by atoms with Crippen molar-refractivity contribution in [1.82, 2.24) is 0 Å². The third-order valence-corrected chi connectivity index (χ3v) is 0.167. The van der Waals surface area contributed by atoms with Gasteiger partial charge in [-0.2, -0.15) is 0 Å². The quantitative estimate of drug-likeness (QED) is 0.444. The zero-order chi connectivity index (χ0) is 6.99. The number of nitrogens with two attached hydrogens (primary N) is 1. The maximum absolute atomic E-state index is 8.44. The molecular formula is C4H8AgNO3. The monoisotopic (exact) mass is 225 g/mol. The van der Waals surface area contributed by atoms with E-state index in [-0.39, 0.29) is 22.4 Å². The molecule has 0 heterocycles. The van der Waals surface area contributed by atoms with Crippen LogP contribution in [0.25, 0.3) is 0 Å². The van der Waals surface area contributed by atoms with Gasteiger partial charge in [-0.05, 0) is 0 Å². The fourth-order valence-corrected chi connectivity index (χ4v) is 0. The van der Waals surface area contributed by atoms with Crippen LogP contribution in [0.5, 0.6) is 0 Å². The third kappa shape index (κ3) is 498. The summed E-state index contributed by atoms with van der Waals surface area (Å²) in [4.78, 5) is 8.44. The maximum Gasteiger partial charge on any atom is 1.00 e. The molecule has 0 unspecified atom stereocenters. The van der Waals surface area contributed by atoms with Crippen LogP contribution in [0.15, 0.2) is 12.7 Å². The molecule has 0 radical (unpaired) electrons. The molecule has 0 rings (SSSR count). The van der Waals surface area contributed by atoms with Gasteiger partial charge in [-0.25, -0.2) is 0 Å². The predicted octanol–water partition coefficient (Wildman–Crippen LogP) is -0.984. The van der Waals surface area contributed by atoms with Crippen LogP contribution in [-0.4, -0.2) is 17.8 Å². The van der Waals surface area contributed by atoms with Gasteiger partial charge in [-0.1, -0.05) is 6.08 Å². The number of hydrogen-bond donors (Lipinski definition) is 2. The normalized spacial score (nSPS) is 5.44. The second kappa shape index (κ2) is 15.6. The molecule has 0 amide bonds. The zero-order valence-electron chi connectivity index (χ0n) is 4.63. The Hall–Kier alpha value is -0.290. The first kappa shape index (κ1) is 15.9. The van der Waals surface area contributed by atoms with Crippen molar-refractivity contribution in [3.8, 4) is 0 Å². The van der Waals surface area contributed by atoms with Gasteiger partial charge in [-0.15, -0.1) is 6.58 Å². The molecule has 0 spiro atoms. The van der Waals surface area contributed by atoms with Gasteiger partial charge in [0.05, 0.1) is 0 Å². The van der Waals surface area contributed by atoms with Gasteiger partial charge in [0.25, 0.3) is 0 Å². The average Bonchev–Trinajstić information content (AvgIpc) is 1.65. The van der Waals surface area contributed by atoms with Crippen LogP contribution in [0.1, 0.15) is 0 Å². The summed E-state index contributed by atoms with van der Waals surface area (Å²) in [6.45, 7) is 3.94. The van der Waals surface area contributed by atoms with E-state index < -0.39 is 6.16 Å². The Bertz CT molecular complexity index is 72.2. The van der Waals surface area contributed by atoms with Gasteiger partial charge in [0.15, 0.2) is 0 Å². The standard InChI is InChI=1S/C3H7N.CH2O3.Ag/c1-2-3-4;2-1(3)4;/h2H,1,3-4H2;(H2,2,3,4);/q;;+1/p-1. The van der Waals surface area contributed by atoms with E-state index in [4.69, 9.17) is 20.7 Å². The van der Waals surface area contributed by atoms with Crippen LogP contribution in [0.4, 0.5) is 4.79 Å². The predicted molar refractivity (Wildman–Crippen MR) is 27.3 cm³/mol. The minimum absolute atomic E-state index is 0. The van der Waals surface area contributed by atoms with Gasteiger partial charge in [0, 0.05) is 6.54 Å². The van der Waals surface area contributed by atoms with Gasteiger partial charge in [0.2, 0.25) is 6.16 Å². The van der Waals surface area contributed by atoms with Crippen LogP contribution in [0, 0.1) is 0 Å². The Balaban J connectivity index is -0.0000000720. The first-order valence-corrected chi connectivity index (χ1v) is 1.86. The molecule has 0 aromatic heterocycles. The summed E-state index contributed by atoms with van der Waals surface area (Å²) in [7, 11) is 0. The Morgan fingerprint density at radius 3 is 2.00 bits per heavy atom. The fraction of sp³-hybridized carbons (Fsp3) is 0.250. The van der Waals surface area contributed by atoms with Gasteiger partial charge in [0.1, 0.15) is 0 Å². The van der Waals surface area contributed by atoms with E-state index >= 15 is 0 Å². The van der Waals surface area contributed by atoms with Crippen LogP contribution in [0.2, 0.25) is 0 Å². The molecule has 0 bridgehead atoms. The molecular weight excluding hydrogens is 218 g/mol. The Morgan fingerprint density at radius 1 is 1.89 bits per heavy atom. The van der Waals surface area contributed by atoms with Crippen molar-refractivity contribution in [2.75, 3.05) is 6.54 Å². The van der Waals surface area contributed by atoms with E-state index in [1.54, 1.807) is 6.08 Å². The van der Waals surface area contributed by atoms with E-state index in [0.29, 0.717) is 6.54 Å². The minimum Gasteiger partial charge on any atom is -0.565 e. The molecule has 0 aromatic carbocycles. The molecule has 4 nitrogen and oxygen atoms in total. The summed E-state index contributed by atoms with van der Waals surface area (Å²) >= 11 is 0. The van der Waals surface area contributed by atoms with E-state index in [1.165, 1.54) is 0 Å². The number of carbonyl (C=O) groups is 1. The van der Waals surface area contributed by atoms with E-state index in [9.17, 15) is 0 Å². The number of carboxylic acid groups (broad SMARTS) is 2. The van der Waals surface area contributed by atoms with Crippen molar-refractivity contribution < 1.29 is 37.4 Å². The van der Waals surface area contributed by atoms with Crippen LogP contribution >= 0.6 is 0 Å². The van der Waals surface area contributed by atoms with Crippen LogP contribution in [0.3, 0.4) is 0 Å². The summed E-state index contributed by atoms with van der Waals surface area (Å²) < 4.78 is 0. The van der Waals surface area contributed by atoms with Crippen molar-refractivity contribution >= 4 is 6.16 Å². The van der Waals surface area contributed by atoms with E-state index in [1.807, 2.05) is 0 Å². The Morgan fingerprint density at radius 2 is 2.00 bits per heavy atom. The molecule has 0 aliphatic rings. The second-order valence-corrected chi connectivity index (χ2v) is 0.790. The van der Waals surface area contributed by atoms with E-state index in [0.717, 1.165) is 0 Å². The van der Waals surface area contributed by atoms with Crippen LogP contribution < -0.4 is 10.8 Å². The maximum atomic E-state index is 8.44. The summed E-state index contributed by atoms with van der Waals surface area (Å²) in [6, 6.07) is 0. The second-order valence-electron chi connectivity index (χ2n) is 0.790. The van der Waals surface area contributed by atoms with Gasteiger partial charge < -0.3 is 20.7 Å². The Kier molecular flexibility index (Phi) is 27.6. The van der Waals surface area contributed by atoms with Gasteiger partial charge >= 0.3 is 22.4 Å². The summed E-state index contributed by atoms with van der Waals surface area (Å²) in [5.74, 6) is 0. The molecule has 0 aliphatic carbocycles. The molecule has 0 aliphatic heterocycles. The topological polar surface area (TPSA) is 86.4 Å². The molecule has 58 valence electrons. The van der Waals surface area contributed by atoms with Crippen molar-refractivity contribution in [1.29, 1.82) is 0 Å². The molecule has 3 N–H and O–H groups in total. The van der Waals surface area contributed by atoms with Crippen LogP contribution in [-0.2, 0) is 22.4 Å². The molecule has 5 heteroatoms. The van der Waals surface area contributed by atoms with Crippen molar-refractivity contribution in [2.24, 2.45) is 5.73 Å². The van der Waals surface area contributed by atoms with Crippen molar-refractivity contribution in [3.05, 3.63) is 12.7 Å². The zero-order valence-corrected chi connectivity index (χ0v) is 6.12. The molecule has 0 aromatic rings. The first-order chi connectivity index (χ1) is 3.65. The minimum atomic E-state index is -2.08. The molecule has 0 saturated carbocycles. The van der Waals surface area contributed by atoms with Crippen molar-refractivity contribution in [2.45, 2.75) is 0 Å². The van der Waals surface area contributed by atoms with E-state index in [2.05, 4.69) is 6.58 Å². The fourth-order valence-electron chi connectivity index (χ4n) is 0. The molecule has 0 saturated heterocycles. The van der Waals surface area contributed by atoms with Crippen molar-refractivity contribution in [3.63, 3.8) is 0 Å².